The van der Waals surface area contributed by atoms with E-state index in [0.29, 0.717) is 16.0 Å². The van der Waals surface area contributed by atoms with E-state index in [-0.39, 0.29) is 22.2 Å². The van der Waals surface area contributed by atoms with Crippen LogP contribution in [0.15, 0.2) is 12.4 Å². The second kappa shape index (κ2) is 6.53. The van der Waals surface area contributed by atoms with Gasteiger partial charge in [-0.3, -0.25) is 9.69 Å². The molecule has 0 N–H and O–H groups in total. The van der Waals surface area contributed by atoms with Crippen molar-refractivity contribution in [3.63, 3.8) is 0 Å². The molecule has 10 heteroatoms. The van der Waals surface area contributed by atoms with Crippen molar-refractivity contribution in [1.29, 1.82) is 0 Å². The smallest absolute Gasteiger partial charge is 0.354 e. The fourth-order valence-electron chi connectivity index (χ4n) is 4.90. The summed E-state index contributed by atoms with van der Waals surface area (Å²) in [5.41, 5.74) is 0.0922. The van der Waals surface area contributed by atoms with Crippen LogP contribution in [0.4, 0.5) is 19.0 Å². The van der Waals surface area contributed by atoms with Gasteiger partial charge in [-0.1, -0.05) is 0 Å². The van der Waals surface area contributed by atoms with Crippen LogP contribution >= 0.6 is 11.3 Å². The fourth-order valence-corrected chi connectivity index (χ4v) is 5.92. The number of hydrogen-bond donors (Lipinski definition) is 0. The van der Waals surface area contributed by atoms with Gasteiger partial charge in [-0.2, -0.15) is 13.2 Å². The molecule has 0 bridgehead atoms. The van der Waals surface area contributed by atoms with Gasteiger partial charge in [0, 0.05) is 36.5 Å². The lowest BCUT2D eigenvalue weighted by Gasteiger charge is -2.61. The molecule has 5 rings (SSSR count). The van der Waals surface area contributed by atoms with Crippen LogP contribution in [-0.2, 0) is 11.2 Å². The van der Waals surface area contributed by atoms with E-state index in [4.69, 9.17) is 0 Å². The molecular formula is C19H22F3N5OS. The van der Waals surface area contributed by atoms with Gasteiger partial charge < -0.3 is 9.80 Å². The number of amides is 1. The van der Waals surface area contributed by atoms with Crippen molar-refractivity contribution >= 4 is 33.3 Å². The lowest BCUT2D eigenvalue weighted by molar-refractivity contribution is -0.149. The molecule has 0 aromatic carbocycles. The summed E-state index contributed by atoms with van der Waals surface area (Å²) in [6, 6.07) is 1.59. The molecule has 3 aliphatic rings. The highest BCUT2D eigenvalue weighted by Crippen LogP contribution is 2.44. The standard InChI is InChI=1S/C19H22F3N5OS/c1-25-4-2-3-14(25)17(28)27-9-18(10-27)7-26(8-18)15-13-5-12(6-19(20,21)22)29-16(13)24-11-23-15/h5,11,14H,2-4,6-10H2,1H3/t14-/m0/s1. The Labute approximate surface area is 170 Å². The van der Waals surface area contributed by atoms with E-state index in [0.717, 1.165) is 56.9 Å². The first-order valence-corrected chi connectivity index (χ1v) is 10.6. The van der Waals surface area contributed by atoms with E-state index < -0.39 is 12.6 Å². The third-order valence-corrected chi connectivity index (χ3v) is 7.30. The molecular weight excluding hydrogens is 403 g/mol. The van der Waals surface area contributed by atoms with E-state index in [1.54, 1.807) is 6.07 Å². The summed E-state index contributed by atoms with van der Waals surface area (Å²) in [5, 5.41) is 0.687. The number of hydrogen-bond acceptors (Lipinski definition) is 6. The minimum Gasteiger partial charge on any atom is -0.354 e. The number of likely N-dealkylation sites (tertiary alicyclic amines) is 2. The van der Waals surface area contributed by atoms with Gasteiger partial charge in [0.15, 0.2) is 0 Å². The highest BCUT2D eigenvalue weighted by molar-refractivity contribution is 7.18. The van der Waals surface area contributed by atoms with Gasteiger partial charge in [0.2, 0.25) is 5.91 Å². The highest BCUT2D eigenvalue weighted by atomic mass is 32.1. The average molecular weight is 425 g/mol. The predicted octanol–water partition coefficient (Wildman–Crippen LogP) is 2.54. The monoisotopic (exact) mass is 425 g/mol. The van der Waals surface area contributed by atoms with Crippen LogP contribution in [-0.4, -0.2) is 77.7 Å². The average Bonchev–Trinajstić information content (AvgIpc) is 3.16. The Kier molecular flexibility index (Phi) is 4.29. The summed E-state index contributed by atoms with van der Waals surface area (Å²) in [6.45, 7) is 4.03. The van der Waals surface area contributed by atoms with E-state index in [1.165, 1.54) is 6.33 Å². The number of nitrogens with zero attached hydrogens (tertiary/aromatic N) is 5. The molecule has 2 aromatic rings. The van der Waals surface area contributed by atoms with Crippen molar-refractivity contribution in [2.24, 2.45) is 5.41 Å². The number of carbonyl (C=O) groups excluding carboxylic acids is 1. The number of halogens is 3. The largest absolute Gasteiger partial charge is 0.393 e. The zero-order valence-electron chi connectivity index (χ0n) is 16.1. The number of aromatic nitrogens is 2. The van der Waals surface area contributed by atoms with Gasteiger partial charge in [-0.05, 0) is 32.5 Å². The summed E-state index contributed by atoms with van der Waals surface area (Å²) in [7, 11) is 2.00. The molecule has 5 heterocycles. The predicted molar refractivity (Wildman–Crippen MR) is 104 cm³/mol. The summed E-state index contributed by atoms with van der Waals surface area (Å²) in [4.78, 5) is 28.2. The minimum atomic E-state index is -4.23. The van der Waals surface area contributed by atoms with Crippen molar-refractivity contribution in [2.75, 3.05) is 44.7 Å². The fraction of sp³-hybridized carbons (Fsp3) is 0.632. The lowest BCUT2D eigenvalue weighted by atomic mass is 9.72. The number of fused-ring (bicyclic) bond motifs is 1. The van der Waals surface area contributed by atoms with Crippen molar-refractivity contribution in [3.8, 4) is 0 Å². The highest BCUT2D eigenvalue weighted by Gasteiger charge is 2.54. The van der Waals surface area contributed by atoms with Crippen LogP contribution in [0.25, 0.3) is 10.2 Å². The first-order chi connectivity index (χ1) is 13.7. The van der Waals surface area contributed by atoms with E-state index in [1.807, 2.05) is 11.9 Å². The lowest BCUT2D eigenvalue weighted by Crippen LogP contribution is -2.74. The third kappa shape index (κ3) is 3.35. The van der Waals surface area contributed by atoms with E-state index in [2.05, 4.69) is 19.8 Å². The second-order valence-corrected chi connectivity index (χ2v) is 9.72. The molecule has 0 unspecified atom stereocenters. The van der Waals surface area contributed by atoms with E-state index >= 15 is 0 Å². The van der Waals surface area contributed by atoms with Crippen LogP contribution in [0, 0.1) is 5.41 Å². The third-order valence-electron chi connectivity index (χ3n) is 6.26. The Balaban J connectivity index is 1.25. The van der Waals surface area contributed by atoms with E-state index in [9.17, 15) is 18.0 Å². The molecule has 1 spiro atoms. The SMILES string of the molecule is CN1CCC[C@H]1C(=O)N1CC2(C1)CN(c1ncnc3sc(CC(F)(F)F)cc13)C2. The van der Waals surface area contributed by atoms with Gasteiger partial charge in [0.05, 0.1) is 17.8 Å². The van der Waals surface area contributed by atoms with Crippen LogP contribution in [0.1, 0.15) is 17.7 Å². The van der Waals surface area contributed by atoms with Gasteiger partial charge in [0.1, 0.15) is 17.0 Å². The van der Waals surface area contributed by atoms with Crippen LogP contribution < -0.4 is 4.90 Å². The molecule has 1 amide bonds. The summed E-state index contributed by atoms with van der Waals surface area (Å²) < 4.78 is 38.2. The van der Waals surface area contributed by atoms with Crippen molar-refractivity contribution < 1.29 is 18.0 Å². The normalized spacial score (nSPS) is 24.2. The minimum absolute atomic E-state index is 0.0166. The Morgan fingerprint density at radius 2 is 2.03 bits per heavy atom. The number of alkyl halides is 3. The number of anilines is 1. The molecule has 6 nitrogen and oxygen atoms in total. The maximum absolute atomic E-state index is 12.7. The van der Waals surface area contributed by atoms with Crippen LogP contribution in [0.2, 0.25) is 0 Å². The molecule has 3 aliphatic heterocycles. The number of thiophene rings is 1. The number of rotatable bonds is 3. The molecule has 3 fully saturated rings. The summed E-state index contributed by atoms with van der Waals surface area (Å²) in [6.07, 6.45) is -1.75. The summed E-state index contributed by atoms with van der Waals surface area (Å²) >= 11 is 1.07. The molecule has 2 aromatic heterocycles. The molecule has 1 atom stereocenters. The maximum atomic E-state index is 12.7. The van der Waals surface area contributed by atoms with Gasteiger partial charge in [-0.15, -0.1) is 11.3 Å². The van der Waals surface area contributed by atoms with Gasteiger partial charge in [-0.25, -0.2) is 9.97 Å². The molecule has 0 saturated carbocycles. The van der Waals surface area contributed by atoms with Gasteiger partial charge >= 0.3 is 6.18 Å². The molecule has 156 valence electrons. The Morgan fingerprint density at radius 1 is 1.28 bits per heavy atom. The van der Waals surface area contributed by atoms with Gasteiger partial charge in [0.25, 0.3) is 0 Å². The molecule has 0 radical (unpaired) electrons. The van der Waals surface area contributed by atoms with Crippen LogP contribution in [0.5, 0.6) is 0 Å². The number of likely N-dealkylation sites (N-methyl/N-ethyl adjacent to an activating group) is 1. The Bertz CT molecular complexity index is 947. The van der Waals surface area contributed by atoms with Crippen molar-refractivity contribution in [2.45, 2.75) is 31.5 Å². The zero-order chi connectivity index (χ0) is 20.4. The second-order valence-electron chi connectivity index (χ2n) is 8.61. The summed E-state index contributed by atoms with van der Waals surface area (Å²) in [5.74, 6) is 0.929. The zero-order valence-corrected chi connectivity index (χ0v) is 16.9. The molecule has 3 saturated heterocycles. The quantitative estimate of drug-likeness (QED) is 0.757. The van der Waals surface area contributed by atoms with Crippen molar-refractivity contribution in [1.82, 2.24) is 19.8 Å². The topological polar surface area (TPSA) is 52.6 Å². The first-order valence-electron chi connectivity index (χ1n) is 9.77. The van der Waals surface area contributed by atoms with Crippen molar-refractivity contribution in [3.05, 3.63) is 17.3 Å². The van der Waals surface area contributed by atoms with Crippen LogP contribution in [0.3, 0.4) is 0 Å². The first kappa shape index (κ1) is 19.0. The molecule has 0 aliphatic carbocycles. The maximum Gasteiger partial charge on any atom is 0.393 e. The Morgan fingerprint density at radius 3 is 2.69 bits per heavy atom. The Hall–Kier alpha value is -1.94. The number of carbonyl (C=O) groups is 1. The molecule has 29 heavy (non-hydrogen) atoms.